The van der Waals surface area contributed by atoms with Crippen molar-refractivity contribution >= 4 is 11.9 Å². The Labute approximate surface area is 103 Å². The van der Waals surface area contributed by atoms with Crippen molar-refractivity contribution in [1.29, 1.82) is 0 Å². The molecule has 0 bridgehead atoms. The van der Waals surface area contributed by atoms with E-state index in [4.69, 9.17) is 0 Å². The Morgan fingerprint density at radius 1 is 1.35 bits per heavy atom. The van der Waals surface area contributed by atoms with Crippen molar-refractivity contribution < 1.29 is 9.59 Å². The molecular weight excluding hydrogens is 218 g/mol. The average Bonchev–Trinajstić information content (AvgIpc) is 2.31. The number of urea groups is 1. The largest absolute Gasteiger partial charge is 0.334 e. The van der Waals surface area contributed by atoms with Crippen molar-refractivity contribution in [3.8, 4) is 0 Å². The highest BCUT2D eigenvalue weighted by Gasteiger charge is 2.10. The van der Waals surface area contributed by atoms with Gasteiger partial charge in [-0.1, -0.05) is 26.3 Å². The second-order valence-electron chi connectivity index (χ2n) is 3.77. The highest BCUT2D eigenvalue weighted by Crippen LogP contribution is 1.94. The maximum atomic E-state index is 11.5. The summed E-state index contributed by atoms with van der Waals surface area (Å²) in [5, 5.41) is 4.77. The monoisotopic (exact) mass is 241 g/mol. The molecular formula is C12H23N3O2. The van der Waals surface area contributed by atoms with Crippen LogP contribution in [0.15, 0.2) is 12.7 Å². The summed E-state index contributed by atoms with van der Waals surface area (Å²) >= 11 is 0. The molecule has 0 aromatic carbocycles. The van der Waals surface area contributed by atoms with Crippen molar-refractivity contribution in [1.82, 2.24) is 15.5 Å². The summed E-state index contributed by atoms with van der Waals surface area (Å²) in [6.07, 6.45) is 3.71. The van der Waals surface area contributed by atoms with Crippen LogP contribution in [0.4, 0.5) is 4.79 Å². The van der Waals surface area contributed by atoms with Crippen molar-refractivity contribution in [2.45, 2.75) is 26.7 Å². The van der Waals surface area contributed by atoms with Crippen molar-refractivity contribution in [2.24, 2.45) is 0 Å². The number of unbranched alkanes of at least 4 members (excludes halogenated alkanes) is 1. The lowest BCUT2D eigenvalue weighted by Gasteiger charge is -2.18. The first-order valence-corrected chi connectivity index (χ1v) is 6.04. The van der Waals surface area contributed by atoms with Crippen LogP contribution < -0.4 is 10.6 Å². The maximum absolute atomic E-state index is 11.5. The van der Waals surface area contributed by atoms with Crippen LogP contribution in [0.1, 0.15) is 26.7 Å². The number of hydrogen-bond donors (Lipinski definition) is 2. The van der Waals surface area contributed by atoms with E-state index in [1.54, 1.807) is 6.08 Å². The Kier molecular flexibility index (Phi) is 9.05. The molecule has 0 spiro atoms. The molecule has 2 N–H and O–H groups in total. The molecule has 0 aliphatic rings. The molecule has 0 unspecified atom stereocenters. The van der Waals surface area contributed by atoms with Gasteiger partial charge in [0.1, 0.15) is 0 Å². The standard InChI is InChI=1S/C12H23N3O2/c1-4-7-9-15(6-3)10-11(16)14-12(17)13-8-5-2/h5H,2,4,6-10H2,1,3H3,(H2,13,14,16,17). The number of amides is 3. The zero-order valence-corrected chi connectivity index (χ0v) is 10.8. The molecule has 0 aromatic heterocycles. The molecule has 0 rings (SSSR count). The number of nitrogens with one attached hydrogen (secondary N) is 2. The van der Waals surface area contributed by atoms with Gasteiger partial charge in [-0.05, 0) is 19.5 Å². The minimum absolute atomic E-state index is 0.262. The Balaban J connectivity index is 3.88. The van der Waals surface area contributed by atoms with Gasteiger partial charge in [0.25, 0.3) is 0 Å². The van der Waals surface area contributed by atoms with Crippen LogP contribution in [0, 0.1) is 0 Å². The summed E-state index contributed by atoms with van der Waals surface area (Å²) in [7, 11) is 0. The van der Waals surface area contributed by atoms with E-state index in [0.29, 0.717) is 6.54 Å². The average molecular weight is 241 g/mol. The minimum Gasteiger partial charge on any atom is -0.334 e. The zero-order chi connectivity index (χ0) is 13.1. The van der Waals surface area contributed by atoms with E-state index in [-0.39, 0.29) is 12.5 Å². The summed E-state index contributed by atoms with van der Waals surface area (Å²) in [6.45, 7) is 9.89. The topological polar surface area (TPSA) is 61.4 Å². The molecule has 3 amide bonds. The molecule has 0 atom stereocenters. The maximum Gasteiger partial charge on any atom is 0.321 e. The molecule has 0 heterocycles. The Bertz CT molecular complexity index is 254. The lowest BCUT2D eigenvalue weighted by atomic mass is 10.3. The van der Waals surface area contributed by atoms with Crippen LogP contribution >= 0.6 is 0 Å². The van der Waals surface area contributed by atoms with Gasteiger partial charge in [-0.25, -0.2) is 4.79 Å². The summed E-state index contributed by atoms with van der Waals surface area (Å²) in [6, 6.07) is -0.471. The second kappa shape index (κ2) is 9.84. The first-order valence-electron chi connectivity index (χ1n) is 6.04. The smallest absolute Gasteiger partial charge is 0.321 e. The summed E-state index contributed by atoms with van der Waals surface area (Å²) in [5.41, 5.74) is 0. The summed E-state index contributed by atoms with van der Waals surface area (Å²) < 4.78 is 0. The van der Waals surface area contributed by atoms with E-state index >= 15 is 0 Å². The van der Waals surface area contributed by atoms with E-state index in [1.165, 1.54) is 0 Å². The fraction of sp³-hybridized carbons (Fsp3) is 0.667. The molecule has 98 valence electrons. The molecule has 5 heteroatoms. The number of likely N-dealkylation sites (N-methyl/N-ethyl adjacent to an activating group) is 1. The third kappa shape index (κ3) is 8.45. The minimum atomic E-state index is -0.471. The molecule has 0 saturated heterocycles. The number of rotatable bonds is 8. The van der Waals surface area contributed by atoms with E-state index in [9.17, 15) is 9.59 Å². The van der Waals surface area contributed by atoms with Crippen molar-refractivity contribution in [3.63, 3.8) is 0 Å². The molecule has 0 aliphatic heterocycles. The Morgan fingerprint density at radius 3 is 2.59 bits per heavy atom. The van der Waals surface area contributed by atoms with Crippen LogP contribution in [0.5, 0.6) is 0 Å². The summed E-state index contributed by atoms with van der Waals surface area (Å²) in [5.74, 6) is -0.274. The first kappa shape index (κ1) is 15.6. The highest BCUT2D eigenvalue weighted by molar-refractivity contribution is 5.95. The van der Waals surface area contributed by atoms with Crippen LogP contribution in [0.2, 0.25) is 0 Å². The van der Waals surface area contributed by atoms with Gasteiger partial charge < -0.3 is 5.32 Å². The van der Waals surface area contributed by atoms with Crippen molar-refractivity contribution in [2.75, 3.05) is 26.2 Å². The molecule has 0 aliphatic carbocycles. The SMILES string of the molecule is C=CCNC(=O)NC(=O)CN(CC)CCCC. The van der Waals surface area contributed by atoms with Crippen LogP contribution in [-0.2, 0) is 4.79 Å². The van der Waals surface area contributed by atoms with E-state index in [0.717, 1.165) is 25.9 Å². The van der Waals surface area contributed by atoms with Gasteiger partial charge in [-0.15, -0.1) is 6.58 Å². The lowest BCUT2D eigenvalue weighted by molar-refractivity contribution is -0.121. The normalized spacial score (nSPS) is 10.1. The molecule has 0 aromatic rings. The van der Waals surface area contributed by atoms with Gasteiger partial charge >= 0.3 is 6.03 Å². The van der Waals surface area contributed by atoms with E-state index < -0.39 is 6.03 Å². The Morgan fingerprint density at radius 2 is 2.06 bits per heavy atom. The lowest BCUT2D eigenvalue weighted by Crippen LogP contribution is -2.44. The number of carbonyl (C=O) groups is 2. The predicted octanol–water partition coefficient (Wildman–Crippen LogP) is 1.12. The molecule has 17 heavy (non-hydrogen) atoms. The zero-order valence-electron chi connectivity index (χ0n) is 10.8. The van der Waals surface area contributed by atoms with Crippen LogP contribution in [-0.4, -0.2) is 43.0 Å². The quantitative estimate of drug-likeness (QED) is 0.626. The van der Waals surface area contributed by atoms with Crippen molar-refractivity contribution in [3.05, 3.63) is 12.7 Å². The number of hydrogen-bond acceptors (Lipinski definition) is 3. The third-order valence-corrected chi connectivity index (χ3v) is 2.30. The molecule has 0 saturated carbocycles. The van der Waals surface area contributed by atoms with E-state index in [2.05, 4.69) is 24.1 Å². The predicted molar refractivity (Wildman–Crippen MR) is 68.8 cm³/mol. The van der Waals surface area contributed by atoms with Crippen LogP contribution in [0.25, 0.3) is 0 Å². The highest BCUT2D eigenvalue weighted by atomic mass is 16.2. The molecule has 5 nitrogen and oxygen atoms in total. The third-order valence-electron chi connectivity index (χ3n) is 2.30. The van der Waals surface area contributed by atoms with Crippen LogP contribution in [0.3, 0.4) is 0 Å². The van der Waals surface area contributed by atoms with Gasteiger partial charge in [0, 0.05) is 6.54 Å². The number of imide groups is 1. The number of carbonyl (C=O) groups excluding carboxylic acids is 2. The first-order chi connectivity index (χ1) is 8.13. The van der Waals surface area contributed by atoms with Gasteiger partial charge in [-0.3, -0.25) is 15.0 Å². The second-order valence-corrected chi connectivity index (χ2v) is 3.77. The van der Waals surface area contributed by atoms with E-state index in [1.807, 2.05) is 11.8 Å². The fourth-order valence-electron chi connectivity index (χ4n) is 1.31. The number of nitrogens with zero attached hydrogens (tertiary/aromatic N) is 1. The summed E-state index contributed by atoms with van der Waals surface area (Å²) in [4.78, 5) is 24.7. The Hall–Kier alpha value is -1.36. The fourth-order valence-corrected chi connectivity index (χ4v) is 1.31. The molecule has 0 radical (unpaired) electrons. The van der Waals surface area contributed by atoms with Gasteiger partial charge in [0.2, 0.25) is 5.91 Å². The van der Waals surface area contributed by atoms with Gasteiger partial charge in [0.05, 0.1) is 6.54 Å². The molecule has 0 fully saturated rings. The van der Waals surface area contributed by atoms with Gasteiger partial charge in [0.15, 0.2) is 0 Å². The van der Waals surface area contributed by atoms with Gasteiger partial charge in [-0.2, -0.15) is 0 Å².